The predicted molar refractivity (Wildman–Crippen MR) is 71.3 cm³/mol. The van der Waals surface area contributed by atoms with Crippen LogP contribution >= 0.6 is 0 Å². The van der Waals surface area contributed by atoms with Crippen molar-refractivity contribution in [2.24, 2.45) is 0 Å². The van der Waals surface area contributed by atoms with E-state index in [2.05, 4.69) is 0 Å². The second-order valence-electron chi connectivity index (χ2n) is 4.83. The van der Waals surface area contributed by atoms with Gasteiger partial charge in [0, 0.05) is 6.42 Å². The third-order valence-corrected chi connectivity index (χ3v) is 2.80. The van der Waals surface area contributed by atoms with Crippen LogP contribution in [0.1, 0.15) is 64.7 Å². The Labute approximate surface area is 110 Å². The van der Waals surface area contributed by atoms with Crippen molar-refractivity contribution < 1.29 is 19.7 Å². The number of cyclic esters (lactones) is 1. The zero-order valence-corrected chi connectivity index (χ0v) is 11.6. The van der Waals surface area contributed by atoms with Crippen LogP contribution in [-0.2, 0) is 9.53 Å². The first-order valence-corrected chi connectivity index (χ1v) is 7.11. The van der Waals surface area contributed by atoms with E-state index in [1.807, 2.05) is 0 Å². The van der Waals surface area contributed by atoms with Gasteiger partial charge in [0.25, 0.3) is 0 Å². The molecule has 0 bridgehead atoms. The summed E-state index contributed by atoms with van der Waals surface area (Å²) in [6.07, 6.45) is 9.82. The summed E-state index contributed by atoms with van der Waals surface area (Å²) in [5.41, 5.74) is 0. The van der Waals surface area contributed by atoms with E-state index in [1.165, 1.54) is 45.4 Å². The normalized spacial score (nSPS) is 20.5. The lowest BCUT2D eigenvalue weighted by Crippen LogP contribution is -2.06. The van der Waals surface area contributed by atoms with Crippen LogP contribution in [0.15, 0.2) is 0 Å². The largest absolute Gasteiger partial charge is 0.466 e. The van der Waals surface area contributed by atoms with Gasteiger partial charge < -0.3 is 14.9 Å². The van der Waals surface area contributed by atoms with Crippen molar-refractivity contribution in [3.8, 4) is 0 Å². The molecular formula is C14H28O4. The molecule has 0 aromatic heterocycles. The lowest BCUT2D eigenvalue weighted by atomic mass is 10.1. The van der Waals surface area contributed by atoms with Gasteiger partial charge in [0.15, 0.2) is 0 Å². The maximum atomic E-state index is 11.1. The summed E-state index contributed by atoms with van der Waals surface area (Å²) in [5, 5.41) is 16.0. The molecule has 1 rings (SSSR count). The van der Waals surface area contributed by atoms with Gasteiger partial charge in [-0.25, -0.2) is 0 Å². The van der Waals surface area contributed by atoms with E-state index in [-0.39, 0.29) is 12.6 Å². The van der Waals surface area contributed by atoms with Gasteiger partial charge in [0.2, 0.25) is 0 Å². The lowest BCUT2D eigenvalue weighted by Gasteiger charge is -2.07. The number of hydrogen-bond acceptors (Lipinski definition) is 4. The van der Waals surface area contributed by atoms with Crippen LogP contribution in [-0.4, -0.2) is 35.5 Å². The van der Waals surface area contributed by atoms with Crippen LogP contribution in [0, 0.1) is 0 Å². The first kappa shape index (κ1) is 17.4. The Balaban J connectivity index is 0.000000494. The molecule has 1 saturated heterocycles. The highest BCUT2D eigenvalue weighted by Gasteiger charge is 2.03. The SMILES string of the molecule is CC(O)CO.O=C1CCCCCCCCCCO1. The molecule has 1 heterocycles. The van der Waals surface area contributed by atoms with E-state index in [9.17, 15) is 4.79 Å². The van der Waals surface area contributed by atoms with Crippen molar-refractivity contribution >= 4 is 5.97 Å². The quantitative estimate of drug-likeness (QED) is 0.711. The maximum absolute atomic E-state index is 11.1. The van der Waals surface area contributed by atoms with Gasteiger partial charge in [0.05, 0.1) is 19.3 Å². The molecule has 0 aliphatic carbocycles. The molecular weight excluding hydrogens is 232 g/mol. The molecule has 1 fully saturated rings. The Morgan fingerprint density at radius 3 is 2.00 bits per heavy atom. The van der Waals surface area contributed by atoms with E-state index in [0.29, 0.717) is 13.0 Å². The van der Waals surface area contributed by atoms with E-state index in [0.717, 1.165) is 12.8 Å². The van der Waals surface area contributed by atoms with Crippen molar-refractivity contribution in [3.05, 3.63) is 0 Å². The molecule has 1 atom stereocenters. The molecule has 0 saturated carbocycles. The van der Waals surface area contributed by atoms with E-state index < -0.39 is 6.10 Å². The fourth-order valence-electron chi connectivity index (χ4n) is 1.69. The molecule has 4 nitrogen and oxygen atoms in total. The summed E-state index contributed by atoms with van der Waals surface area (Å²) in [4.78, 5) is 11.1. The first-order valence-electron chi connectivity index (χ1n) is 7.11. The van der Waals surface area contributed by atoms with Gasteiger partial charge in [0.1, 0.15) is 0 Å². The fraction of sp³-hybridized carbons (Fsp3) is 0.929. The standard InChI is InChI=1S/C11H20O2.C3H8O2/c12-11-9-7-5-3-1-2-4-6-8-10-13-11;1-3(5)2-4/h1-10H2;3-5H,2H2,1H3. The van der Waals surface area contributed by atoms with Gasteiger partial charge in [-0.05, 0) is 19.8 Å². The minimum absolute atomic E-state index is 0.000531. The number of aliphatic hydroxyl groups is 2. The molecule has 1 aliphatic heterocycles. The molecule has 0 aromatic rings. The molecule has 18 heavy (non-hydrogen) atoms. The highest BCUT2D eigenvalue weighted by atomic mass is 16.5. The van der Waals surface area contributed by atoms with Crippen molar-refractivity contribution in [3.63, 3.8) is 0 Å². The van der Waals surface area contributed by atoms with Crippen molar-refractivity contribution in [1.82, 2.24) is 0 Å². The van der Waals surface area contributed by atoms with Crippen LogP contribution in [0.4, 0.5) is 0 Å². The predicted octanol–water partition coefficient (Wildman–Crippen LogP) is 2.41. The summed E-state index contributed by atoms with van der Waals surface area (Å²) in [6.45, 7) is 2.03. The smallest absolute Gasteiger partial charge is 0.305 e. The van der Waals surface area contributed by atoms with Crippen LogP contribution in [0.25, 0.3) is 0 Å². The van der Waals surface area contributed by atoms with Crippen LogP contribution in [0.5, 0.6) is 0 Å². The van der Waals surface area contributed by atoms with E-state index in [1.54, 1.807) is 0 Å². The Morgan fingerprint density at radius 1 is 1.06 bits per heavy atom. The lowest BCUT2D eigenvalue weighted by molar-refractivity contribution is -0.143. The summed E-state index contributed by atoms with van der Waals surface area (Å²) in [7, 11) is 0. The van der Waals surface area contributed by atoms with Crippen LogP contribution < -0.4 is 0 Å². The molecule has 0 amide bonds. The summed E-state index contributed by atoms with van der Waals surface area (Å²) < 4.78 is 5.08. The Morgan fingerprint density at radius 2 is 1.50 bits per heavy atom. The number of ether oxygens (including phenoxy) is 1. The van der Waals surface area contributed by atoms with Gasteiger partial charge >= 0.3 is 5.97 Å². The molecule has 4 heteroatoms. The van der Waals surface area contributed by atoms with Gasteiger partial charge in [-0.15, -0.1) is 0 Å². The minimum Gasteiger partial charge on any atom is -0.466 e. The topological polar surface area (TPSA) is 66.8 Å². The highest BCUT2D eigenvalue weighted by molar-refractivity contribution is 5.69. The van der Waals surface area contributed by atoms with Crippen molar-refractivity contribution in [1.29, 1.82) is 0 Å². The average molecular weight is 260 g/mol. The first-order chi connectivity index (χ1) is 8.66. The van der Waals surface area contributed by atoms with Crippen LogP contribution in [0.2, 0.25) is 0 Å². The molecule has 1 aliphatic rings. The third kappa shape index (κ3) is 13.5. The Hall–Kier alpha value is -0.610. The average Bonchev–Trinajstić information content (AvgIpc) is 2.34. The van der Waals surface area contributed by atoms with E-state index >= 15 is 0 Å². The van der Waals surface area contributed by atoms with Gasteiger partial charge in [-0.2, -0.15) is 0 Å². The van der Waals surface area contributed by atoms with Gasteiger partial charge in [-0.1, -0.05) is 38.5 Å². The van der Waals surface area contributed by atoms with Crippen molar-refractivity contribution in [2.75, 3.05) is 13.2 Å². The molecule has 0 spiro atoms. The number of carbonyl (C=O) groups excluding carboxylic acids is 1. The second kappa shape index (κ2) is 12.8. The molecule has 0 radical (unpaired) electrons. The maximum Gasteiger partial charge on any atom is 0.305 e. The van der Waals surface area contributed by atoms with E-state index in [4.69, 9.17) is 14.9 Å². The van der Waals surface area contributed by atoms with Gasteiger partial charge in [-0.3, -0.25) is 4.79 Å². The number of esters is 1. The highest BCUT2D eigenvalue weighted by Crippen LogP contribution is 2.11. The number of rotatable bonds is 1. The summed E-state index contributed by atoms with van der Waals surface area (Å²) in [5.74, 6) is 0.000531. The number of hydrogen-bond donors (Lipinski definition) is 2. The molecule has 108 valence electrons. The zero-order chi connectivity index (χ0) is 13.6. The Kier molecular flexibility index (Phi) is 12.4. The Bertz CT molecular complexity index is 178. The number of aliphatic hydroxyl groups excluding tert-OH is 2. The number of carbonyl (C=O) groups is 1. The summed E-state index contributed by atoms with van der Waals surface area (Å²) in [6, 6.07) is 0. The molecule has 1 unspecified atom stereocenters. The zero-order valence-electron chi connectivity index (χ0n) is 11.6. The molecule has 2 N–H and O–H groups in total. The third-order valence-electron chi connectivity index (χ3n) is 2.80. The second-order valence-corrected chi connectivity index (χ2v) is 4.83. The minimum atomic E-state index is -0.560. The summed E-state index contributed by atoms with van der Waals surface area (Å²) >= 11 is 0. The van der Waals surface area contributed by atoms with Crippen molar-refractivity contribution in [2.45, 2.75) is 70.8 Å². The molecule has 0 aromatic carbocycles. The monoisotopic (exact) mass is 260 g/mol. The van der Waals surface area contributed by atoms with Crippen LogP contribution in [0.3, 0.4) is 0 Å². The fourth-order valence-corrected chi connectivity index (χ4v) is 1.69.